The quantitative estimate of drug-likeness (QED) is 0.420. The van der Waals surface area contributed by atoms with Gasteiger partial charge in [0.2, 0.25) is 0 Å². The molecule has 0 spiro atoms. The average Bonchev–Trinajstić information content (AvgIpc) is 2.83. The lowest BCUT2D eigenvalue weighted by atomic mass is 9.89. The Labute approximate surface area is 216 Å². The first-order valence-electron chi connectivity index (χ1n) is 11.9. The summed E-state index contributed by atoms with van der Waals surface area (Å²) in [4.78, 5) is 24.9. The number of fused-ring (bicyclic) bond motifs is 3. The summed E-state index contributed by atoms with van der Waals surface area (Å²) < 4.78 is 0. The Morgan fingerprint density at radius 2 is 1.83 bits per heavy atom. The van der Waals surface area contributed by atoms with E-state index in [1.54, 1.807) is 36.3 Å². The topological polar surface area (TPSA) is 81.6 Å². The number of rotatable bonds is 3. The molecule has 2 amide bonds. The zero-order valence-electron chi connectivity index (χ0n) is 20.3. The Morgan fingerprint density at radius 1 is 1.14 bits per heavy atom. The molecule has 186 valence electrons. The molecule has 2 aliphatic rings. The zero-order chi connectivity index (χ0) is 25.1. The number of benzene rings is 1. The lowest BCUT2D eigenvalue weighted by Gasteiger charge is -2.26. The minimum absolute atomic E-state index is 0.146. The second-order valence-electron chi connectivity index (χ2n) is 9.56. The van der Waals surface area contributed by atoms with Gasteiger partial charge in [-0.05, 0) is 57.1 Å². The average molecular weight is 516 g/mol. The molecule has 1 aliphatic carbocycles. The van der Waals surface area contributed by atoms with Crippen LogP contribution in [-0.4, -0.2) is 58.6 Å². The predicted octanol–water partition coefficient (Wildman–Crippen LogP) is 6.41. The van der Waals surface area contributed by atoms with Crippen LogP contribution in [0.4, 0.5) is 10.5 Å². The van der Waals surface area contributed by atoms with E-state index < -0.39 is 0 Å². The fourth-order valence-corrected chi connectivity index (χ4v) is 5.14. The number of hydrogen-bond donors (Lipinski definition) is 2. The fourth-order valence-electron chi connectivity index (χ4n) is 4.65. The van der Waals surface area contributed by atoms with Crippen LogP contribution in [0.15, 0.2) is 30.5 Å². The molecular weight excluding hydrogens is 485 g/mol. The van der Waals surface area contributed by atoms with Gasteiger partial charge in [-0.15, -0.1) is 0 Å². The van der Waals surface area contributed by atoms with E-state index in [1.165, 1.54) is 38.6 Å². The van der Waals surface area contributed by atoms with Gasteiger partial charge in [-0.1, -0.05) is 42.5 Å². The third-order valence-electron chi connectivity index (χ3n) is 6.44. The molecule has 0 radical (unpaired) electrons. The van der Waals surface area contributed by atoms with Crippen LogP contribution in [0, 0.1) is 5.92 Å². The molecule has 1 saturated carbocycles. The number of amides is 2. The van der Waals surface area contributed by atoms with Crippen molar-refractivity contribution in [2.75, 3.05) is 33.0 Å². The van der Waals surface area contributed by atoms with Crippen LogP contribution in [0.5, 0.6) is 5.75 Å². The summed E-state index contributed by atoms with van der Waals surface area (Å²) in [5, 5.41) is 12.9. The van der Waals surface area contributed by atoms with Crippen LogP contribution in [-0.2, 0) is 6.54 Å². The summed E-state index contributed by atoms with van der Waals surface area (Å²) in [5.41, 5.74) is 4.08. The van der Waals surface area contributed by atoms with Crippen LogP contribution in [0.2, 0.25) is 10.0 Å². The minimum Gasteiger partial charge on any atom is -0.505 e. The Balaban J connectivity index is 0.000000243. The standard InChI is InChI=1S/C17H12Cl2N4O2.C9H19N/c1-23-7-9-6-20-13-3-2-12(21-15(13)14(9)22-17(23)25)8-4-10(18)16(24)11(19)5-8;1-10(2)8-9-6-4-3-5-7-9/h2-6,24H,7H2,1H3,(H,22,25);9H,3-8H2,1-2H3. The highest BCUT2D eigenvalue weighted by atomic mass is 35.5. The largest absolute Gasteiger partial charge is 0.505 e. The molecule has 5 rings (SSSR count). The maximum Gasteiger partial charge on any atom is 0.321 e. The second kappa shape index (κ2) is 11.0. The van der Waals surface area contributed by atoms with E-state index in [4.69, 9.17) is 23.2 Å². The maximum absolute atomic E-state index is 12.0. The molecule has 35 heavy (non-hydrogen) atoms. The number of anilines is 1. The molecule has 2 aromatic heterocycles. The maximum atomic E-state index is 12.0. The number of urea groups is 1. The first-order valence-corrected chi connectivity index (χ1v) is 12.6. The molecule has 0 atom stereocenters. The van der Waals surface area contributed by atoms with Gasteiger partial charge in [-0.3, -0.25) is 4.98 Å². The van der Waals surface area contributed by atoms with E-state index >= 15 is 0 Å². The number of pyridine rings is 2. The van der Waals surface area contributed by atoms with E-state index in [-0.39, 0.29) is 21.8 Å². The Morgan fingerprint density at radius 3 is 2.49 bits per heavy atom. The smallest absolute Gasteiger partial charge is 0.321 e. The molecule has 3 aromatic rings. The minimum atomic E-state index is -0.192. The lowest BCUT2D eigenvalue weighted by Crippen LogP contribution is -2.35. The number of halogens is 2. The third-order valence-corrected chi connectivity index (χ3v) is 7.01. The van der Waals surface area contributed by atoms with Crippen molar-refractivity contribution >= 4 is 46.0 Å². The number of nitrogens with one attached hydrogen (secondary N) is 1. The molecule has 0 saturated heterocycles. The summed E-state index contributed by atoms with van der Waals surface area (Å²) in [6.45, 7) is 1.77. The number of phenols is 1. The van der Waals surface area contributed by atoms with Crippen molar-refractivity contribution in [2.45, 2.75) is 38.6 Å². The second-order valence-corrected chi connectivity index (χ2v) is 10.4. The van der Waals surface area contributed by atoms with Crippen molar-refractivity contribution in [2.24, 2.45) is 5.92 Å². The molecule has 9 heteroatoms. The van der Waals surface area contributed by atoms with Crippen LogP contribution in [0.25, 0.3) is 22.3 Å². The highest BCUT2D eigenvalue weighted by Gasteiger charge is 2.23. The number of aromatic hydroxyl groups is 1. The van der Waals surface area contributed by atoms with Gasteiger partial charge in [0.15, 0.2) is 5.75 Å². The number of hydrogen-bond acceptors (Lipinski definition) is 5. The summed E-state index contributed by atoms with van der Waals surface area (Å²) in [5.74, 6) is 0.839. The molecular formula is C26H31Cl2N5O2. The SMILES string of the molecule is CN(C)CC1CCCCC1.CN1Cc2cnc3ccc(-c4cc(Cl)c(O)c(Cl)c4)nc3c2NC1=O. The summed E-state index contributed by atoms with van der Waals surface area (Å²) >= 11 is 12.0. The fraction of sp³-hybridized carbons (Fsp3) is 0.423. The lowest BCUT2D eigenvalue weighted by molar-refractivity contribution is 0.218. The van der Waals surface area contributed by atoms with Crippen molar-refractivity contribution in [3.63, 3.8) is 0 Å². The molecule has 2 N–H and O–H groups in total. The summed E-state index contributed by atoms with van der Waals surface area (Å²) in [7, 11) is 6.07. The molecule has 0 unspecified atom stereocenters. The number of carbonyl (C=O) groups is 1. The number of nitrogens with zero attached hydrogens (tertiary/aromatic N) is 4. The molecule has 0 bridgehead atoms. The first kappa shape index (κ1) is 25.5. The van der Waals surface area contributed by atoms with Gasteiger partial charge in [0.05, 0.1) is 33.5 Å². The number of aromatic nitrogens is 2. The Kier molecular flexibility index (Phi) is 7.99. The monoisotopic (exact) mass is 515 g/mol. The molecule has 3 heterocycles. The first-order chi connectivity index (χ1) is 16.7. The van der Waals surface area contributed by atoms with Crippen molar-refractivity contribution in [3.8, 4) is 17.0 Å². The van der Waals surface area contributed by atoms with Gasteiger partial charge >= 0.3 is 6.03 Å². The summed E-state index contributed by atoms with van der Waals surface area (Å²) in [6.07, 6.45) is 9.10. The third kappa shape index (κ3) is 5.97. The van der Waals surface area contributed by atoms with Gasteiger partial charge in [0.25, 0.3) is 0 Å². The molecule has 7 nitrogen and oxygen atoms in total. The van der Waals surface area contributed by atoms with Crippen LogP contribution in [0.3, 0.4) is 0 Å². The van der Waals surface area contributed by atoms with Crippen LogP contribution < -0.4 is 5.32 Å². The van der Waals surface area contributed by atoms with Crippen molar-refractivity contribution < 1.29 is 9.90 Å². The Hall–Kier alpha value is -2.61. The predicted molar refractivity (Wildman–Crippen MR) is 142 cm³/mol. The zero-order valence-corrected chi connectivity index (χ0v) is 21.8. The Bertz CT molecular complexity index is 1200. The van der Waals surface area contributed by atoms with Crippen LogP contribution in [0.1, 0.15) is 37.7 Å². The van der Waals surface area contributed by atoms with Gasteiger partial charge in [-0.25, -0.2) is 9.78 Å². The van der Waals surface area contributed by atoms with Crippen LogP contribution >= 0.6 is 23.2 Å². The van der Waals surface area contributed by atoms with Gasteiger partial charge in [0.1, 0.15) is 5.52 Å². The van der Waals surface area contributed by atoms with E-state index in [0.29, 0.717) is 34.5 Å². The van der Waals surface area contributed by atoms with E-state index in [2.05, 4.69) is 34.3 Å². The number of phenolic OH excluding ortho intramolecular Hbond substituents is 1. The van der Waals surface area contributed by atoms with Crippen molar-refractivity contribution in [3.05, 3.63) is 46.1 Å². The highest BCUT2D eigenvalue weighted by Crippen LogP contribution is 2.37. The molecule has 1 aromatic carbocycles. The van der Waals surface area contributed by atoms with E-state index in [1.807, 2.05) is 6.07 Å². The normalized spacial score (nSPS) is 16.1. The van der Waals surface area contributed by atoms with E-state index in [0.717, 1.165) is 11.5 Å². The summed E-state index contributed by atoms with van der Waals surface area (Å²) in [6, 6.07) is 6.59. The van der Waals surface area contributed by atoms with Gasteiger partial charge < -0.3 is 20.2 Å². The van der Waals surface area contributed by atoms with Gasteiger partial charge in [-0.2, -0.15) is 0 Å². The van der Waals surface area contributed by atoms with Crippen molar-refractivity contribution in [1.29, 1.82) is 0 Å². The number of carbonyl (C=O) groups excluding carboxylic acids is 1. The van der Waals surface area contributed by atoms with Crippen molar-refractivity contribution in [1.82, 2.24) is 19.8 Å². The highest BCUT2D eigenvalue weighted by molar-refractivity contribution is 6.37. The van der Waals surface area contributed by atoms with Gasteiger partial charge in [0, 0.05) is 30.9 Å². The van der Waals surface area contributed by atoms with E-state index in [9.17, 15) is 9.90 Å². The molecule has 1 aliphatic heterocycles. The molecule has 1 fully saturated rings.